The normalized spacial score (nSPS) is 10.9. The van der Waals surface area contributed by atoms with Gasteiger partial charge in [-0.05, 0) is 39.7 Å². The molecule has 0 aliphatic heterocycles. The predicted molar refractivity (Wildman–Crippen MR) is 98.3 cm³/mol. The first kappa shape index (κ1) is 15.6. The van der Waals surface area contributed by atoms with E-state index in [1.165, 1.54) is 0 Å². The lowest BCUT2D eigenvalue weighted by atomic mass is 10.3. The minimum Gasteiger partial charge on any atom is -0.467 e. The molecule has 0 aliphatic carbocycles. The summed E-state index contributed by atoms with van der Waals surface area (Å²) in [6.45, 7) is 1.20. The molecular formula is C17H15BrN6O. The molecule has 0 saturated heterocycles. The lowest BCUT2D eigenvalue weighted by Crippen LogP contribution is -2.09. The SMILES string of the molecule is Brc1cnn2c(NCc3cccnc3)cc(NCc3ccco3)nc12. The van der Waals surface area contributed by atoms with Crippen LogP contribution >= 0.6 is 15.9 Å². The fourth-order valence-corrected chi connectivity index (χ4v) is 2.79. The van der Waals surface area contributed by atoms with E-state index < -0.39 is 0 Å². The molecule has 7 nitrogen and oxygen atoms in total. The van der Waals surface area contributed by atoms with Crippen LogP contribution in [0.1, 0.15) is 11.3 Å². The first-order valence-electron chi connectivity index (χ1n) is 7.73. The number of furan rings is 1. The summed E-state index contributed by atoms with van der Waals surface area (Å²) < 4.78 is 7.94. The maximum absolute atomic E-state index is 5.35. The van der Waals surface area contributed by atoms with Crippen LogP contribution in [0.4, 0.5) is 11.6 Å². The standard InChI is InChI=1S/C17H15BrN6O/c18-14-11-22-24-16(21-9-12-3-1-5-19-8-12)7-15(23-17(14)24)20-10-13-4-2-6-25-13/h1-8,11,21H,9-10H2,(H,20,23). The van der Waals surface area contributed by atoms with E-state index >= 15 is 0 Å². The zero-order valence-electron chi connectivity index (χ0n) is 13.2. The average Bonchev–Trinajstić information content (AvgIpc) is 3.29. The molecule has 0 saturated carbocycles. The maximum Gasteiger partial charge on any atom is 0.173 e. The van der Waals surface area contributed by atoms with E-state index in [9.17, 15) is 0 Å². The minimum atomic E-state index is 0.559. The highest BCUT2D eigenvalue weighted by atomic mass is 79.9. The van der Waals surface area contributed by atoms with Gasteiger partial charge in [0.15, 0.2) is 5.65 Å². The van der Waals surface area contributed by atoms with Gasteiger partial charge in [-0.1, -0.05) is 6.07 Å². The van der Waals surface area contributed by atoms with E-state index in [0.717, 1.165) is 33.1 Å². The fraction of sp³-hybridized carbons (Fsp3) is 0.118. The van der Waals surface area contributed by atoms with Crippen LogP contribution in [0.25, 0.3) is 5.65 Å². The van der Waals surface area contributed by atoms with Crippen molar-refractivity contribution in [3.63, 3.8) is 0 Å². The third-order valence-electron chi connectivity index (χ3n) is 3.65. The van der Waals surface area contributed by atoms with Crippen LogP contribution in [0, 0.1) is 0 Å². The molecule has 4 aromatic heterocycles. The molecule has 4 rings (SSSR count). The van der Waals surface area contributed by atoms with Crippen molar-refractivity contribution in [2.24, 2.45) is 0 Å². The van der Waals surface area contributed by atoms with Crippen LogP contribution in [0.3, 0.4) is 0 Å². The van der Waals surface area contributed by atoms with Crippen LogP contribution in [0.2, 0.25) is 0 Å². The monoisotopic (exact) mass is 398 g/mol. The van der Waals surface area contributed by atoms with Crippen molar-refractivity contribution in [2.75, 3.05) is 10.6 Å². The van der Waals surface area contributed by atoms with Gasteiger partial charge in [0.1, 0.15) is 17.4 Å². The largest absolute Gasteiger partial charge is 0.467 e. The van der Waals surface area contributed by atoms with Crippen molar-refractivity contribution < 1.29 is 4.42 Å². The number of anilines is 2. The summed E-state index contributed by atoms with van der Waals surface area (Å²) in [5.41, 5.74) is 1.82. The molecule has 4 aromatic rings. The number of halogens is 1. The summed E-state index contributed by atoms with van der Waals surface area (Å²) in [7, 11) is 0. The second kappa shape index (κ2) is 6.94. The van der Waals surface area contributed by atoms with Gasteiger partial charge in [-0.2, -0.15) is 9.61 Å². The minimum absolute atomic E-state index is 0.559. The summed E-state index contributed by atoms with van der Waals surface area (Å²) in [5.74, 6) is 2.42. The topological polar surface area (TPSA) is 80.3 Å². The molecule has 0 aliphatic rings. The number of rotatable bonds is 6. The highest BCUT2D eigenvalue weighted by molar-refractivity contribution is 9.10. The second-order valence-electron chi connectivity index (χ2n) is 5.40. The summed E-state index contributed by atoms with van der Waals surface area (Å²) in [6.07, 6.45) is 6.98. The summed E-state index contributed by atoms with van der Waals surface area (Å²) >= 11 is 3.49. The fourth-order valence-electron chi connectivity index (χ4n) is 2.44. The van der Waals surface area contributed by atoms with Crippen LogP contribution in [-0.2, 0) is 13.1 Å². The van der Waals surface area contributed by atoms with Gasteiger partial charge < -0.3 is 15.1 Å². The number of nitrogens with zero attached hydrogens (tertiary/aromatic N) is 4. The van der Waals surface area contributed by atoms with Crippen molar-refractivity contribution in [2.45, 2.75) is 13.1 Å². The number of hydrogen-bond donors (Lipinski definition) is 2. The lowest BCUT2D eigenvalue weighted by molar-refractivity contribution is 0.518. The molecule has 2 N–H and O–H groups in total. The molecule has 0 spiro atoms. The van der Waals surface area contributed by atoms with E-state index in [-0.39, 0.29) is 0 Å². The van der Waals surface area contributed by atoms with Gasteiger partial charge >= 0.3 is 0 Å². The molecule has 0 aromatic carbocycles. The Morgan fingerprint density at radius 3 is 2.88 bits per heavy atom. The number of hydrogen-bond acceptors (Lipinski definition) is 6. The van der Waals surface area contributed by atoms with Gasteiger partial charge in [0.05, 0.1) is 23.5 Å². The van der Waals surface area contributed by atoms with Crippen molar-refractivity contribution in [3.8, 4) is 0 Å². The molecule has 0 unspecified atom stereocenters. The number of aromatic nitrogens is 4. The molecule has 0 radical (unpaired) electrons. The van der Waals surface area contributed by atoms with Gasteiger partial charge in [0, 0.05) is 25.0 Å². The summed E-state index contributed by atoms with van der Waals surface area (Å²) in [6, 6.07) is 9.64. The Kier molecular flexibility index (Phi) is 4.34. The van der Waals surface area contributed by atoms with Gasteiger partial charge in [0.25, 0.3) is 0 Å². The average molecular weight is 399 g/mol. The van der Waals surface area contributed by atoms with Crippen molar-refractivity contribution >= 4 is 33.2 Å². The highest BCUT2D eigenvalue weighted by Crippen LogP contribution is 2.23. The van der Waals surface area contributed by atoms with Crippen molar-refractivity contribution in [1.82, 2.24) is 19.6 Å². The lowest BCUT2D eigenvalue weighted by Gasteiger charge is -2.11. The molecule has 25 heavy (non-hydrogen) atoms. The Labute approximate surface area is 152 Å². The third-order valence-corrected chi connectivity index (χ3v) is 4.21. The number of pyridine rings is 1. The Morgan fingerprint density at radius 2 is 2.08 bits per heavy atom. The summed E-state index contributed by atoms with van der Waals surface area (Å²) in [4.78, 5) is 8.73. The van der Waals surface area contributed by atoms with Crippen molar-refractivity contribution in [1.29, 1.82) is 0 Å². The maximum atomic E-state index is 5.35. The Hall–Kier alpha value is -2.87. The molecule has 0 bridgehead atoms. The number of fused-ring (bicyclic) bond motifs is 1. The molecule has 4 heterocycles. The quantitative estimate of drug-likeness (QED) is 0.515. The van der Waals surface area contributed by atoms with Crippen LogP contribution in [0.15, 0.2) is 64.1 Å². The van der Waals surface area contributed by atoms with Crippen LogP contribution in [-0.4, -0.2) is 19.6 Å². The molecule has 126 valence electrons. The predicted octanol–water partition coefficient (Wildman–Crippen LogP) is 3.70. The Bertz CT molecular complexity index is 968. The van der Waals surface area contributed by atoms with Crippen molar-refractivity contribution in [3.05, 3.63) is 71.0 Å². The van der Waals surface area contributed by atoms with E-state index in [0.29, 0.717) is 13.1 Å². The molecule has 0 fully saturated rings. The van der Waals surface area contributed by atoms with E-state index in [1.807, 2.05) is 36.5 Å². The first-order valence-corrected chi connectivity index (χ1v) is 8.52. The van der Waals surface area contributed by atoms with Gasteiger partial charge in [-0.25, -0.2) is 4.98 Å². The van der Waals surface area contributed by atoms with Crippen LogP contribution in [0.5, 0.6) is 0 Å². The van der Waals surface area contributed by atoms with Gasteiger partial charge in [-0.3, -0.25) is 4.98 Å². The second-order valence-corrected chi connectivity index (χ2v) is 6.26. The molecule has 0 atom stereocenters. The van der Waals surface area contributed by atoms with E-state index in [4.69, 9.17) is 4.42 Å². The first-order chi connectivity index (χ1) is 12.3. The zero-order chi connectivity index (χ0) is 17.1. The van der Waals surface area contributed by atoms with E-state index in [2.05, 4.69) is 41.6 Å². The smallest absolute Gasteiger partial charge is 0.173 e. The van der Waals surface area contributed by atoms with Gasteiger partial charge in [-0.15, -0.1) is 0 Å². The molecular weight excluding hydrogens is 384 g/mol. The van der Waals surface area contributed by atoms with Gasteiger partial charge in [0.2, 0.25) is 0 Å². The molecule has 0 amide bonds. The summed E-state index contributed by atoms with van der Waals surface area (Å²) in [5, 5.41) is 11.0. The third kappa shape index (κ3) is 3.48. The Balaban J connectivity index is 1.59. The zero-order valence-corrected chi connectivity index (χ0v) is 14.8. The van der Waals surface area contributed by atoms with Crippen LogP contribution < -0.4 is 10.6 Å². The molecule has 8 heteroatoms. The van der Waals surface area contributed by atoms with E-state index in [1.54, 1.807) is 23.2 Å². The Morgan fingerprint density at radius 1 is 1.12 bits per heavy atom. The number of nitrogens with one attached hydrogen (secondary N) is 2. The highest BCUT2D eigenvalue weighted by Gasteiger charge is 2.10.